The van der Waals surface area contributed by atoms with Crippen LogP contribution >= 0.6 is 0 Å². The van der Waals surface area contributed by atoms with Gasteiger partial charge in [0.1, 0.15) is 11.4 Å². The lowest BCUT2D eigenvalue weighted by Crippen LogP contribution is -2.28. The van der Waals surface area contributed by atoms with Crippen LogP contribution in [-0.2, 0) is 14.4 Å². The van der Waals surface area contributed by atoms with Crippen molar-refractivity contribution in [3.63, 3.8) is 0 Å². The predicted octanol–water partition coefficient (Wildman–Crippen LogP) is 8.27. The smallest absolute Gasteiger partial charge is 0.286 e. The minimum absolute atomic E-state index is 0.00599. The summed E-state index contributed by atoms with van der Waals surface area (Å²) in [6, 6.07) is 0. The van der Waals surface area contributed by atoms with Crippen molar-refractivity contribution in [3.05, 3.63) is 114 Å². The lowest BCUT2D eigenvalue weighted by molar-refractivity contribution is -0.118. The van der Waals surface area contributed by atoms with E-state index in [2.05, 4.69) is 28.5 Å². The fourth-order valence-corrected chi connectivity index (χ4v) is 3.91. The average Bonchev–Trinajstić information content (AvgIpc) is 3.37. The fraction of sp³-hybridized carbons (Fsp3) is 0.333. The third-order valence-electron chi connectivity index (χ3n) is 6.04. The van der Waals surface area contributed by atoms with Crippen molar-refractivity contribution in [1.82, 2.24) is 4.90 Å². The summed E-state index contributed by atoms with van der Waals surface area (Å²) < 4.78 is 13.4. The average molecular weight is 577 g/mol. The molecule has 0 radical (unpaired) electrons. The maximum absolute atomic E-state index is 13.4. The highest BCUT2D eigenvalue weighted by Gasteiger charge is 2.35. The van der Waals surface area contributed by atoms with Gasteiger partial charge in [0.25, 0.3) is 5.91 Å². The third-order valence-corrected chi connectivity index (χ3v) is 6.04. The Morgan fingerprint density at radius 1 is 1.10 bits per heavy atom. The van der Waals surface area contributed by atoms with E-state index in [4.69, 9.17) is 4.84 Å². The molecule has 0 aromatic heterocycles. The quantitative estimate of drug-likeness (QED) is 0.0434. The van der Waals surface area contributed by atoms with E-state index in [9.17, 15) is 18.9 Å². The van der Waals surface area contributed by atoms with Crippen LogP contribution in [0, 0.1) is 4.91 Å². The van der Waals surface area contributed by atoms with Crippen LogP contribution in [0.4, 0.5) is 4.39 Å². The molecule has 1 heterocycles. The summed E-state index contributed by atoms with van der Waals surface area (Å²) >= 11 is 0. The topological polar surface area (TPSA) is 101 Å². The number of oxime groups is 1. The Morgan fingerprint density at radius 3 is 2.38 bits per heavy atom. The predicted molar refractivity (Wildman–Crippen MR) is 169 cm³/mol. The molecule has 42 heavy (non-hydrogen) atoms. The van der Waals surface area contributed by atoms with Gasteiger partial charge in [0, 0.05) is 48.3 Å². The number of rotatable bonds is 17. The molecule has 0 bridgehead atoms. The molecule has 9 heteroatoms. The first-order valence-electron chi connectivity index (χ1n) is 13.7. The molecule has 1 rings (SSSR count). The number of allylic oxidation sites excluding steroid dienone is 13. The SMILES string of the molecule is C=C/C(=C\C=C/C)CC1(C)CC(C(/C=C/N=C(/CCCCC(=O)N=O)N(C=O)/C(C=C)=C/C=C(\C)F)=C/C=C/C)=NO1. The second-order valence-corrected chi connectivity index (χ2v) is 9.63. The molecule has 0 N–H and O–H groups in total. The molecule has 1 unspecified atom stereocenters. The molecule has 8 nitrogen and oxygen atoms in total. The lowest BCUT2D eigenvalue weighted by atomic mass is 9.89. The van der Waals surface area contributed by atoms with E-state index in [1.54, 1.807) is 18.4 Å². The van der Waals surface area contributed by atoms with Crippen molar-refractivity contribution < 1.29 is 18.8 Å². The van der Waals surface area contributed by atoms with Gasteiger partial charge in [-0.05, 0) is 70.4 Å². The summed E-state index contributed by atoms with van der Waals surface area (Å²) in [7, 11) is 0. The maximum atomic E-state index is 13.4. The first-order valence-corrected chi connectivity index (χ1v) is 13.7. The second-order valence-electron chi connectivity index (χ2n) is 9.63. The van der Waals surface area contributed by atoms with Crippen LogP contribution < -0.4 is 0 Å². The van der Waals surface area contributed by atoms with E-state index in [1.165, 1.54) is 30.1 Å². The van der Waals surface area contributed by atoms with Gasteiger partial charge in [-0.15, -0.1) is 4.91 Å². The van der Waals surface area contributed by atoms with E-state index in [-0.39, 0.29) is 12.8 Å². The Bertz CT molecular complexity index is 1260. The Kier molecular flexibility index (Phi) is 16.5. The van der Waals surface area contributed by atoms with Crippen LogP contribution in [0.15, 0.2) is 124 Å². The Balaban J connectivity index is 3.34. The van der Waals surface area contributed by atoms with Gasteiger partial charge < -0.3 is 4.84 Å². The van der Waals surface area contributed by atoms with Crippen molar-refractivity contribution in [1.29, 1.82) is 0 Å². The normalized spacial score (nSPS) is 18.9. The van der Waals surface area contributed by atoms with Crippen molar-refractivity contribution in [2.24, 2.45) is 15.3 Å². The van der Waals surface area contributed by atoms with Crippen LogP contribution in [0.5, 0.6) is 0 Å². The minimum Gasteiger partial charge on any atom is -0.388 e. The zero-order valence-electron chi connectivity index (χ0n) is 25.0. The summed E-state index contributed by atoms with van der Waals surface area (Å²) in [5.74, 6) is -0.839. The summed E-state index contributed by atoms with van der Waals surface area (Å²) in [6.07, 6.45) is 23.6. The Labute approximate surface area is 248 Å². The number of hydrogen-bond donors (Lipinski definition) is 0. The first-order chi connectivity index (χ1) is 20.2. The van der Waals surface area contributed by atoms with E-state index in [1.807, 2.05) is 57.2 Å². The Morgan fingerprint density at radius 2 is 1.79 bits per heavy atom. The van der Waals surface area contributed by atoms with Crippen LogP contribution in [0.1, 0.15) is 66.2 Å². The number of amides is 2. The Hall–Kier alpha value is -4.53. The van der Waals surface area contributed by atoms with Crippen LogP contribution in [0.25, 0.3) is 0 Å². The highest BCUT2D eigenvalue weighted by atomic mass is 19.1. The van der Waals surface area contributed by atoms with Gasteiger partial charge in [0.15, 0.2) is 0 Å². The van der Waals surface area contributed by atoms with Crippen LogP contribution in [0.2, 0.25) is 0 Å². The third kappa shape index (κ3) is 12.8. The molecule has 2 amide bonds. The molecule has 0 saturated carbocycles. The van der Waals surface area contributed by atoms with Gasteiger partial charge >= 0.3 is 0 Å². The number of unbranched alkanes of at least 4 members (excludes halogenated alkanes) is 1. The molecule has 1 aliphatic heterocycles. The van der Waals surface area contributed by atoms with Crippen molar-refractivity contribution in [2.45, 2.75) is 71.8 Å². The van der Waals surface area contributed by atoms with Crippen LogP contribution in [-0.4, -0.2) is 34.4 Å². The number of halogens is 1. The number of nitrogens with zero attached hydrogens (tertiary/aromatic N) is 4. The standard InChI is InChI=1S/C33H41FN4O4/c1-7-11-15-27(9-3)23-33(6)24-30(37-42-33)28(16-12-8-2)21-22-35-31(17-13-14-18-32(40)36-41)38(25-39)29(10-4)20-19-26(5)34/h7-12,15-16,19-22,25H,3-4,13-14,17-18,23-24H2,1-2,5-6H3/b11-7-,12-8+,22-21+,26-19+,27-15+,28-16+,29-20+,35-31-. The van der Waals surface area contributed by atoms with E-state index < -0.39 is 17.3 Å². The number of hydrogen-bond acceptors (Lipinski definition) is 6. The fourth-order valence-electron chi connectivity index (χ4n) is 3.91. The van der Waals surface area contributed by atoms with Gasteiger partial charge in [-0.25, -0.2) is 9.38 Å². The second kappa shape index (κ2) is 19.5. The number of amidine groups is 1. The first kappa shape index (κ1) is 35.5. The molecule has 0 aliphatic carbocycles. The largest absolute Gasteiger partial charge is 0.388 e. The number of carbonyl (C=O) groups is 2. The molecule has 0 saturated heterocycles. The summed E-state index contributed by atoms with van der Waals surface area (Å²) in [4.78, 5) is 45.5. The molecular formula is C33H41FN4O4. The van der Waals surface area contributed by atoms with Gasteiger partial charge in [0.05, 0.1) is 11.5 Å². The number of carbonyl (C=O) groups excluding carboxylic acids is 2. The van der Waals surface area contributed by atoms with Gasteiger partial charge in [-0.3, -0.25) is 14.5 Å². The lowest BCUT2D eigenvalue weighted by Gasteiger charge is -2.21. The minimum atomic E-state index is -0.737. The molecule has 224 valence electrons. The van der Waals surface area contributed by atoms with E-state index in [0.717, 1.165) is 16.9 Å². The molecule has 0 aromatic carbocycles. The molecule has 0 spiro atoms. The molecule has 0 aromatic rings. The summed E-state index contributed by atoms with van der Waals surface area (Å²) in [5, 5.41) is 6.77. The monoisotopic (exact) mass is 576 g/mol. The zero-order chi connectivity index (χ0) is 31.4. The van der Waals surface area contributed by atoms with Crippen LogP contribution in [0.3, 0.4) is 0 Å². The molecular weight excluding hydrogens is 535 g/mol. The number of nitroso groups, excluding NO2 is 1. The molecule has 1 aliphatic rings. The summed E-state index contributed by atoms with van der Waals surface area (Å²) in [5.41, 5.74) is 2.30. The number of aliphatic imine (C=N–C) groups is 1. The maximum Gasteiger partial charge on any atom is 0.286 e. The van der Waals surface area contributed by atoms with Gasteiger partial charge in [0.2, 0.25) is 6.41 Å². The van der Waals surface area contributed by atoms with E-state index in [0.29, 0.717) is 43.6 Å². The van der Waals surface area contributed by atoms with Gasteiger partial charge in [-0.1, -0.05) is 60.8 Å². The highest BCUT2D eigenvalue weighted by molar-refractivity contribution is 6.04. The molecule has 0 fully saturated rings. The molecule has 1 atom stereocenters. The highest BCUT2D eigenvalue weighted by Crippen LogP contribution is 2.33. The van der Waals surface area contributed by atoms with Crippen molar-refractivity contribution >= 4 is 23.9 Å². The van der Waals surface area contributed by atoms with Gasteiger partial charge in [-0.2, -0.15) is 0 Å². The van der Waals surface area contributed by atoms with Crippen molar-refractivity contribution in [3.8, 4) is 0 Å². The van der Waals surface area contributed by atoms with Crippen molar-refractivity contribution in [2.75, 3.05) is 0 Å². The van der Waals surface area contributed by atoms with E-state index >= 15 is 0 Å². The summed E-state index contributed by atoms with van der Waals surface area (Å²) in [6.45, 7) is 14.8. The zero-order valence-corrected chi connectivity index (χ0v) is 25.0.